The Bertz CT molecular complexity index is 280. The largest absolute Gasteiger partial charge is 0.247 e. The van der Waals surface area contributed by atoms with Gasteiger partial charge in [0.1, 0.15) is 0 Å². The molecule has 0 amide bonds. The van der Waals surface area contributed by atoms with Crippen molar-refractivity contribution >= 4 is 35.1 Å². The highest BCUT2D eigenvalue weighted by atomic mass is 35.5. The van der Waals surface area contributed by atoms with E-state index >= 15 is 0 Å². The van der Waals surface area contributed by atoms with Crippen molar-refractivity contribution in [3.8, 4) is 0 Å². The van der Waals surface area contributed by atoms with Gasteiger partial charge in [-0.05, 0) is 24.1 Å². The summed E-state index contributed by atoms with van der Waals surface area (Å²) in [7, 11) is 0. The molecule has 0 aliphatic rings. The van der Waals surface area contributed by atoms with Crippen molar-refractivity contribution in [2.45, 2.75) is 18.7 Å². The Balaban J connectivity index is 2.84. The summed E-state index contributed by atoms with van der Waals surface area (Å²) in [5.74, 6) is 0. The molecule has 1 aromatic rings. The maximum absolute atomic E-state index is 6.06. The van der Waals surface area contributed by atoms with Gasteiger partial charge in [-0.2, -0.15) is 0 Å². The van der Waals surface area contributed by atoms with Crippen LogP contribution in [-0.4, -0.2) is 17.4 Å². The van der Waals surface area contributed by atoms with Gasteiger partial charge in [0.2, 0.25) is 0 Å². The number of hydrogen-bond donors (Lipinski definition) is 0. The van der Waals surface area contributed by atoms with Crippen LogP contribution in [0.2, 0.25) is 10.0 Å². The molecule has 0 aromatic heterocycles. The van der Waals surface area contributed by atoms with Crippen molar-refractivity contribution in [1.82, 2.24) is 4.31 Å². The number of hydrogen-bond acceptors (Lipinski definition) is 2. The summed E-state index contributed by atoms with van der Waals surface area (Å²) < 4.78 is 2.20. The first-order valence-corrected chi connectivity index (χ1v) is 6.08. The molecule has 14 heavy (non-hydrogen) atoms. The van der Waals surface area contributed by atoms with Crippen LogP contribution in [0.5, 0.6) is 0 Å². The Labute approximate surface area is 99.5 Å². The van der Waals surface area contributed by atoms with E-state index in [0.717, 1.165) is 28.0 Å². The Hall–Kier alpha value is 0.110. The maximum Gasteiger partial charge on any atom is 0.0603 e. The molecule has 0 N–H and O–H groups in total. The van der Waals surface area contributed by atoms with E-state index in [-0.39, 0.29) is 0 Å². The highest BCUT2D eigenvalue weighted by molar-refractivity contribution is 7.97. The quantitative estimate of drug-likeness (QED) is 0.731. The van der Waals surface area contributed by atoms with Gasteiger partial charge >= 0.3 is 0 Å². The lowest BCUT2D eigenvalue weighted by atomic mass is 10.4. The van der Waals surface area contributed by atoms with Crippen LogP contribution in [0.1, 0.15) is 13.8 Å². The van der Waals surface area contributed by atoms with E-state index in [1.807, 2.05) is 18.2 Å². The zero-order chi connectivity index (χ0) is 10.6. The smallest absolute Gasteiger partial charge is 0.0603 e. The first kappa shape index (κ1) is 12.2. The van der Waals surface area contributed by atoms with Gasteiger partial charge in [-0.3, -0.25) is 0 Å². The predicted octanol–water partition coefficient (Wildman–Crippen LogP) is 4.34. The minimum absolute atomic E-state index is 0.717. The van der Waals surface area contributed by atoms with Crippen molar-refractivity contribution in [1.29, 1.82) is 0 Å². The lowest BCUT2D eigenvalue weighted by molar-refractivity contribution is 0.525. The molecule has 1 nitrogen and oxygen atoms in total. The second-order valence-corrected chi connectivity index (χ2v) is 4.68. The highest BCUT2D eigenvalue weighted by Gasteiger charge is 2.09. The number of nitrogens with zero attached hydrogens (tertiary/aromatic N) is 1. The summed E-state index contributed by atoms with van der Waals surface area (Å²) >= 11 is 13.7. The molecule has 0 aliphatic heterocycles. The van der Waals surface area contributed by atoms with Gasteiger partial charge in [-0.15, -0.1) is 0 Å². The molecule has 0 unspecified atom stereocenters. The summed E-state index contributed by atoms with van der Waals surface area (Å²) in [6.07, 6.45) is 0. The van der Waals surface area contributed by atoms with Crippen molar-refractivity contribution in [2.24, 2.45) is 0 Å². The minimum atomic E-state index is 0.717. The van der Waals surface area contributed by atoms with Crippen molar-refractivity contribution in [2.75, 3.05) is 13.1 Å². The summed E-state index contributed by atoms with van der Waals surface area (Å²) in [6, 6.07) is 5.58. The molecular weight excluding hydrogens is 237 g/mol. The number of benzene rings is 1. The standard InChI is InChI=1S/C10H13Cl2NS/c1-3-13(4-2)14-10-8(11)6-5-7-9(10)12/h5-7H,3-4H2,1-2H3. The van der Waals surface area contributed by atoms with E-state index in [4.69, 9.17) is 23.2 Å². The normalized spacial score (nSPS) is 10.9. The van der Waals surface area contributed by atoms with E-state index in [1.165, 1.54) is 0 Å². The van der Waals surface area contributed by atoms with Crippen molar-refractivity contribution < 1.29 is 0 Å². The van der Waals surface area contributed by atoms with E-state index in [1.54, 1.807) is 11.9 Å². The summed E-state index contributed by atoms with van der Waals surface area (Å²) in [5.41, 5.74) is 0. The molecule has 0 bridgehead atoms. The lowest BCUT2D eigenvalue weighted by Gasteiger charge is -2.17. The molecule has 0 atom stereocenters. The molecule has 1 rings (SSSR count). The predicted molar refractivity (Wildman–Crippen MR) is 65.2 cm³/mol. The lowest BCUT2D eigenvalue weighted by Crippen LogP contribution is -2.13. The number of rotatable bonds is 4. The zero-order valence-corrected chi connectivity index (χ0v) is 10.6. The third-order valence-corrected chi connectivity index (χ3v) is 4.10. The van der Waals surface area contributed by atoms with Crippen LogP contribution in [0.15, 0.2) is 23.1 Å². The third kappa shape index (κ3) is 3.06. The second kappa shape index (κ2) is 5.86. The van der Waals surface area contributed by atoms with Gasteiger partial charge in [0, 0.05) is 13.1 Å². The average Bonchev–Trinajstić information content (AvgIpc) is 2.18. The Morgan fingerprint density at radius 2 is 1.64 bits per heavy atom. The molecular formula is C10H13Cl2NS. The minimum Gasteiger partial charge on any atom is -0.247 e. The summed E-state index contributed by atoms with van der Waals surface area (Å²) in [5, 5.41) is 1.43. The second-order valence-electron chi connectivity index (χ2n) is 2.76. The zero-order valence-electron chi connectivity index (χ0n) is 8.26. The van der Waals surface area contributed by atoms with E-state index in [9.17, 15) is 0 Å². The number of halogens is 2. The van der Waals surface area contributed by atoms with Crippen LogP contribution in [0, 0.1) is 0 Å². The fraction of sp³-hybridized carbons (Fsp3) is 0.400. The molecule has 1 aromatic carbocycles. The monoisotopic (exact) mass is 249 g/mol. The average molecular weight is 250 g/mol. The van der Waals surface area contributed by atoms with Gasteiger partial charge in [0.25, 0.3) is 0 Å². The summed E-state index contributed by atoms with van der Waals surface area (Å²) in [6.45, 7) is 6.17. The molecule has 0 fully saturated rings. The molecule has 0 spiro atoms. The van der Waals surface area contributed by atoms with E-state index < -0.39 is 0 Å². The topological polar surface area (TPSA) is 3.24 Å². The van der Waals surface area contributed by atoms with Gasteiger partial charge in [0.15, 0.2) is 0 Å². The van der Waals surface area contributed by atoms with Gasteiger partial charge in [-0.1, -0.05) is 43.1 Å². The maximum atomic E-state index is 6.06. The summed E-state index contributed by atoms with van der Waals surface area (Å²) in [4.78, 5) is 0.944. The highest BCUT2D eigenvalue weighted by Crippen LogP contribution is 2.35. The molecule has 0 radical (unpaired) electrons. The van der Waals surface area contributed by atoms with E-state index in [0.29, 0.717) is 0 Å². The van der Waals surface area contributed by atoms with Crippen LogP contribution < -0.4 is 0 Å². The molecule has 0 aliphatic carbocycles. The van der Waals surface area contributed by atoms with Crippen molar-refractivity contribution in [3.63, 3.8) is 0 Å². The van der Waals surface area contributed by atoms with Gasteiger partial charge in [0.05, 0.1) is 14.9 Å². The molecule has 0 saturated heterocycles. The first-order chi connectivity index (χ1) is 6.69. The van der Waals surface area contributed by atoms with Crippen LogP contribution in [0.3, 0.4) is 0 Å². The molecule has 78 valence electrons. The van der Waals surface area contributed by atoms with Crippen LogP contribution in [0.25, 0.3) is 0 Å². The molecule has 0 heterocycles. The van der Waals surface area contributed by atoms with Crippen molar-refractivity contribution in [3.05, 3.63) is 28.2 Å². The van der Waals surface area contributed by atoms with Crippen LogP contribution in [0.4, 0.5) is 0 Å². The van der Waals surface area contributed by atoms with E-state index in [2.05, 4.69) is 18.2 Å². The van der Waals surface area contributed by atoms with Crippen LogP contribution in [-0.2, 0) is 0 Å². The Kier molecular flexibility index (Phi) is 5.10. The Morgan fingerprint density at radius 3 is 2.07 bits per heavy atom. The van der Waals surface area contributed by atoms with Crippen LogP contribution >= 0.6 is 35.1 Å². The van der Waals surface area contributed by atoms with Gasteiger partial charge < -0.3 is 0 Å². The fourth-order valence-electron chi connectivity index (χ4n) is 1.05. The molecule has 0 saturated carbocycles. The third-order valence-electron chi connectivity index (χ3n) is 1.84. The molecule has 4 heteroatoms. The SMILES string of the molecule is CCN(CC)Sc1c(Cl)cccc1Cl. The fourth-order valence-corrected chi connectivity index (χ4v) is 2.48. The Morgan fingerprint density at radius 1 is 1.14 bits per heavy atom. The van der Waals surface area contributed by atoms with Gasteiger partial charge in [-0.25, -0.2) is 4.31 Å². The first-order valence-electron chi connectivity index (χ1n) is 4.56.